The zero-order valence-electron chi connectivity index (χ0n) is 24.0. The molecule has 11 heteroatoms. The third kappa shape index (κ3) is 6.28. The van der Waals surface area contributed by atoms with Crippen molar-refractivity contribution in [1.82, 2.24) is 10.2 Å². The van der Waals surface area contributed by atoms with Crippen molar-refractivity contribution >= 4 is 23.4 Å². The van der Waals surface area contributed by atoms with Gasteiger partial charge in [-0.05, 0) is 79.3 Å². The van der Waals surface area contributed by atoms with Crippen molar-refractivity contribution in [1.29, 1.82) is 0 Å². The molecule has 2 N–H and O–H groups in total. The fourth-order valence-electron chi connectivity index (χ4n) is 6.27. The van der Waals surface area contributed by atoms with Gasteiger partial charge in [0.1, 0.15) is 18.5 Å². The first-order chi connectivity index (χ1) is 21.0. The summed E-state index contributed by atoms with van der Waals surface area (Å²) < 4.78 is 50.9. The average molecular weight is 608 g/mol. The van der Waals surface area contributed by atoms with Crippen molar-refractivity contribution < 1.29 is 37.0 Å². The molecule has 3 aromatic rings. The number of hydrogen-bond donors (Lipinski definition) is 2. The maximum atomic E-state index is 13.5. The molecule has 230 valence electrons. The van der Waals surface area contributed by atoms with Crippen LogP contribution in [0.5, 0.6) is 5.75 Å². The molecular formula is C33H32F3N3O5. The number of halogens is 3. The van der Waals surface area contributed by atoms with E-state index in [-0.39, 0.29) is 54.2 Å². The molecule has 1 aliphatic carbocycles. The number of amides is 3. The van der Waals surface area contributed by atoms with Gasteiger partial charge >= 0.3 is 6.18 Å². The van der Waals surface area contributed by atoms with Gasteiger partial charge in [-0.25, -0.2) is 0 Å². The van der Waals surface area contributed by atoms with Crippen LogP contribution in [-0.4, -0.2) is 60.6 Å². The zero-order chi connectivity index (χ0) is 31.0. The molecule has 1 saturated heterocycles. The van der Waals surface area contributed by atoms with Crippen LogP contribution in [0.3, 0.4) is 0 Å². The fourth-order valence-corrected chi connectivity index (χ4v) is 6.27. The fraction of sp³-hybridized carbons (Fsp3) is 0.364. The van der Waals surface area contributed by atoms with Gasteiger partial charge in [0.05, 0.1) is 29.7 Å². The van der Waals surface area contributed by atoms with Crippen LogP contribution in [0.25, 0.3) is 0 Å². The highest BCUT2D eigenvalue weighted by Crippen LogP contribution is 2.33. The van der Waals surface area contributed by atoms with Crippen LogP contribution in [0.15, 0.2) is 66.7 Å². The molecule has 0 spiro atoms. The van der Waals surface area contributed by atoms with Crippen LogP contribution in [0.4, 0.5) is 18.9 Å². The first-order valence-corrected chi connectivity index (χ1v) is 14.6. The summed E-state index contributed by atoms with van der Waals surface area (Å²) in [6.07, 6.45) is -2.13. The molecule has 0 bridgehead atoms. The number of hydrogen-bond acceptors (Lipinski definition) is 5. The van der Waals surface area contributed by atoms with Crippen molar-refractivity contribution in [2.45, 2.75) is 62.6 Å². The van der Waals surface area contributed by atoms with E-state index in [1.54, 1.807) is 24.1 Å². The number of ether oxygens (including phenoxy) is 2. The maximum absolute atomic E-state index is 13.5. The van der Waals surface area contributed by atoms with E-state index in [1.807, 2.05) is 12.1 Å². The molecule has 44 heavy (non-hydrogen) atoms. The number of nitrogens with zero attached hydrogens (tertiary/aromatic N) is 1. The lowest BCUT2D eigenvalue weighted by Crippen LogP contribution is -2.54. The molecule has 0 unspecified atom stereocenters. The van der Waals surface area contributed by atoms with Gasteiger partial charge in [0, 0.05) is 24.3 Å². The molecule has 2 heterocycles. The van der Waals surface area contributed by atoms with Crippen LogP contribution in [0, 0.1) is 0 Å². The van der Waals surface area contributed by atoms with E-state index in [9.17, 15) is 27.6 Å². The smallest absolute Gasteiger partial charge is 0.416 e. The van der Waals surface area contributed by atoms with Crippen LogP contribution in [0.2, 0.25) is 0 Å². The standard InChI is InChI=1S/C33H32F3N3O5/c1-39-27-12-11-25(17-30(40)37-24-14-20-4-2-3-5-21(20)15-24)44-29(27)18-43-28-13-10-23(16-26(28)32(39)42)38-31(41)19-6-8-22(9-7-19)33(34,35)36/h2-10,13,16,24-25,27,29H,11-12,14-15,17-18H2,1H3,(H,37,40)(H,38,41)/t25-,27+,29-/m1/s1. The highest BCUT2D eigenvalue weighted by molar-refractivity contribution is 6.05. The van der Waals surface area contributed by atoms with E-state index >= 15 is 0 Å². The summed E-state index contributed by atoms with van der Waals surface area (Å²) in [5.41, 5.74) is 2.27. The van der Waals surface area contributed by atoms with Gasteiger partial charge in [0.2, 0.25) is 5.91 Å². The van der Waals surface area contributed by atoms with Crippen molar-refractivity contribution in [3.05, 3.63) is 94.5 Å². The summed E-state index contributed by atoms with van der Waals surface area (Å²) in [6, 6.07) is 16.5. The largest absolute Gasteiger partial charge is 0.490 e. The van der Waals surface area contributed by atoms with Gasteiger partial charge in [0.15, 0.2) is 0 Å². The number of rotatable bonds is 5. The summed E-state index contributed by atoms with van der Waals surface area (Å²) in [4.78, 5) is 40.7. The van der Waals surface area contributed by atoms with E-state index in [2.05, 4.69) is 22.8 Å². The Morgan fingerprint density at radius 2 is 1.68 bits per heavy atom. The quantitative estimate of drug-likeness (QED) is 0.425. The number of nitrogens with one attached hydrogen (secondary N) is 2. The lowest BCUT2D eigenvalue weighted by molar-refractivity contribution is -0.137. The Balaban J connectivity index is 1.07. The Morgan fingerprint density at radius 1 is 0.977 bits per heavy atom. The molecule has 6 rings (SSSR count). The second-order valence-corrected chi connectivity index (χ2v) is 11.6. The van der Waals surface area contributed by atoms with Crippen LogP contribution in [0.1, 0.15) is 56.7 Å². The normalized spacial score (nSPS) is 21.7. The Morgan fingerprint density at radius 3 is 2.36 bits per heavy atom. The van der Waals surface area contributed by atoms with E-state index in [0.717, 1.165) is 37.1 Å². The summed E-state index contributed by atoms with van der Waals surface area (Å²) in [5, 5.41) is 5.78. The second kappa shape index (κ2) is 12.0. The molecule has 0 aromatic heterocycles. The van der Waals surface area contributed by atoms with Gasteiger partial charge in [-0.2, -0.15) is 13.2 Å². The molecule has 0 saturated carbocycles. The number of carbonyl (C=O) groups is 3. The molecule has 3 amide bonds. The van der Waals surface area contributed by atoms with E-state index < -0.39 is 23.8 Å². The molecule has 3 aliphatic rings. The van der Waals surface area contributed by atoms with Crippen LogP contribution >= 0.6 is 0 Å². The SMILES string of the molecule is CN1C(=O)c2cc(NC(=O)c3ccc(C(F)(F)F)cc3)ccc2OC[C@H]2O[C@@H](CC(=O)NC3Cc4ccccc4C3)CC[C@@H]21. The highest BCUT2D eigenvalue weighted by Gasteiger charge is 2.39. The number of fused-ring (bicyclic) bond motifs is 3. The zero-order valence-corrected chi connectivity index (χ0v) is 24.0. The van der Waals surface area contributed by atoms with Gasteiger partial charge in [-0.1, -0.05) is 24.3 Å². The number of carbonyl (C=O) groups excluding carboxylic acids is 3. The summed E-state index contributed by atoms with van der Waals surface area (Å²) in [7, 11) is 1.69. The first kappa shape index (κ1) is 29.7. The predicted octanol–water partition coefficient (Wildman–Crippen LogP) is 5.01. The third-order valence-corrected chi connectivity index (χ3v) is 8.57. The maximum Gasteiger partial charge on any atom is 0.416 e. The molecule has 2 aliphatic heterocycles. The van der Waals surface area contributed by atoms with Crippen molar-refractivity contribution in [3.8, 4) is 5.75 Å². The topological polar surface area (TPSA) is 97.0 Å². The first-order valence-electron chi connectivity index (χ1n) is 14.6. The Hall–Kier alpha value is -4.38. The lowest BCUT2D eigenvalue weighted by Gasteiger charge is -2.42. The number of alkyl halides is 3. The minimum atomic E-state index is -4.50. The van der Waals surface area contributed by atoms with E-state index in [4.69, 9.17) is 9.47 Å². The van der Waals surface area contributed by atoms with Crippen LogP contribution < -0.4 is 15.4 Å². The van der Waals surface area contributed by atoms with Crippen molar-refractivity contribution in [2.24, 2.45) is 0 Å². The number of anilines is 1. The van der Waals surface area contributed by atoms with Crippen molar-refractivity contribution in [3.63, 3.8) is 0 Å². The van der Waals surface area contributed by atoms with Gasteiger partial charge in [0.25, 0.3) is 11.8 Å². The van der Waals surface area contributed by atoms with E-state index in [0.29, 0.717) is 24.3 Å². The summed E-state index contributed by atoms with van der Waals surface area (Å²) >= 11 is 0. The summed E-state index contributed by atoms with van der Waals surface area (Å²) in [5.74, 6) is -0.670. The molecule has 3 aromatic carbocycles. The Kier molecular flexibility index (Phi) is 8.06. The van der Waals surface area contributed by atoms with Gasteiger partial charge in [-0.3, -0.25) is 14.4 Å². The Bertz CT molecular complexity index is 1550. The molecule has 8 nitrogen and oxygen atoms in total. The predicted molar refractivity (Wildman–Crippen MR) is 156 cm³/mol. The third-order valence-electron chi connectivity index (χ3n) is 8.57. The number of benzene rings is 3. The van der Waals surface area contributed by atoms with Gasteiger partial charge < -0.3 is 25.0 Å². The van der Waals surface area contributed by atoms with E-state index in [1.165, 1.54) is 17.2 Å². The second-order valence-electron chi connectivity index (χ2n) is 11.6. The van der Waals surface area contributed by atoms with Crippen LogP contribution in [-0.2, 0) is 28.5 Å². The monoisotopic (exact) mass is 607 g/mol. The molecule has 1 fully saturated rings. The lowest BCUT2D eigenvalue weighted by atomic mass is 9.94. The minimum Gasteiger partial charge on any atom is -0.490 e. The molecule has 3 atom stereocenters. The Labute approximate surface area is 252 Å². The molecule has 0 radical (unpaired) electrons. The highest BCUT2D eigenvalue weighted by atomic mass is 19.4. The average Bonchev–Trinajstić information content (AvgIpc) is 3.41. The number of likely N-dealkylation sites (N-methyl/N-ethyl adjacent to an activating group) is 1. The molecular weight excluding hydrogens is 575 g/mol. The minimum absolute atomic E-state index is 0.0446. The van der Waals surface area contributed by atoms with Crippen molar-refractivity contribution in [2.75, 3.05) is 19.0 Å². The summed E-state index contributed by atoms with van der Waals surface area (Å²) in [6.45, 7) is 0.169. The van der Waals surface area contributed by atoms with Gasteiger partial charge in [-0.15, -0.1) is 0 Å².